The summed E-state index contributed by atoms with van der Waals surface area (Å²) in [7, 11) is 0. The van der Waals surface area contributed by atoms with Gasteiger partial charge in [0.15, 0.2) is 0 Å². The van der Waals surface area contributed by atoms with E-state index in [2.05, 4.69) is 4.98 Å². The van der Waals surface area contributed by atoms with Gasteiger partial charge in [0.05, 0.1) is 18.9 Å². The quantitative estimate of drug-likeness (QED) is 0.730. The Kier molecular flexibility index (Phi) is 4.59. The molecule has 0 amide bonds. The molecule has 0 radical (unpaired) electrons. The second-order valence-electron chi connectivity index (χ2n) is 3.95. The third kappa shape index (κ3) is 3.77. The normalized spacial score (nSPS) is 10.1. The first kappa shape index (κ1) is 12.4. The van der Waals surface area contributed by atoms with Crippen LogP contribution in [0.5, 0.6) is 11.5 Å². The fourth-order valence-corrected chi connectivity index (χ4v) is 1.57. The van der Waals surface area contributed by atoms with Gasteiger partial charge in [-0.3, -0.25) is 4.98 Å². The predicted molar refractivity (Wildman–Crippen MR) is 71.0 cm³/mol. The number of rotatable bonds is 6. The molecule has 1 heterocycles. The van der Waals surface area contributed by atoms with E-state index in [4.69, 9.17) is 9.47 Å². The lowest BCUT2D eigenvalue weighted by Crippen LogP contribution is -2.05. The number of pyridine rings is 1. The van der Waals surface area contributed by atoms with Crippen LogP contribution < -0.4 is 9.47 Å². The van der Waals surface area contributed by atoms with Crippen molar-refractivity contribution in [2.75, 3.05) is 13.2 Å². The van der Waals surface area contributed by atoms with Crippen LogP contribution in [0.1, 0.15) is 12.1 Å². The van der Waals surface area contributed by atoms with E-state index in [9.17, 15) is 0 Å². The maximum Gasteiger partial charge on any atom is 0.140 e. The number of nitrogens with zero attached hydrogens (tertiary/aromatic N) is 1. The van der Waals surface area contributed by atoms with Gasteiger partial charge in [-0.15, -0.1) is 0 Å². The number of benzene rings is 1. The van der Waals surface area contributed by atoms with Crippen LogP contribution in [0.15, 0.2) is 48.7 Å². The molecule has 0 saturated heterocycles. The van der Waals surface area contributed by atoms with Crippen molar-refractivity contribution in [3.8, 4) is 11.5 Å². The average Bonchev–Trinajstić information content (AvgIpc) is 2.42. The van der Waals surface area contributed by atoms with Gasteiger partial charge in [0.2, 0.25) is 0 Å². The van der Waals surface area contributed by atoms with Crippen molar-refractivity contribution in [3.63, 3.8) is 0 Å². The van der Waals surface area contributed by atoms with Gasteiger partial charge in [0.1, 0.15) is 11.5 Å². The molecule has 1 aromatic carbocycles. The van der Waals surface area contributed by atoms with E-state index in [-0.39, 0.29) is 0 Å². The lowest BCUT2D eigenvalue weighted by molar-refractivity contribution is 0.246. The molecule has 2 rings (SSSR count). The molecule has 0 saturated carbocycles. The van der Waals surface area contributed by atoms with Gasteiger partial charge in [-0.05, 0) is 31.2 Å². The summed E-state index contributed by atoms with van der Waals surface area (Å²) in [5.74, 6) is 1.74. The Morgan fingerprint density at radius 3 is 2.50 bits per heavy atom. The number of hydrogen-bond acceptors (Lipinski definition) is 3. The van der Waals surface area contributed by atoms with Gasteiger partial charge in [-0.1, -0.05) is 18.2 Å². The van der Waals surface area contributed by atoms with Crippen LogP contribution in [0.25, 0.3) is 0 Å². The van der Waals surface area contributed by atoms with E-state index in [1.165, 1.54) is 0 Å². The summed E-state index contributed by atoms with van der Waals surface area (Å²) in [6, 6.07) is 13.6. The SMILES string of the molecule is Cc1ncccc1OCCCOc1ccccc1. The van der Waals surface area contributed by atoms with Crippen molar-refractivity contribution >= 4 is 0 Å². The van der Waals surface area contributed by atoms with Gasteiger partial charge < -0.3 is 9.47 Å². The van der Waals surface area contributed by atoms with Crippen LogP contribution in [0.4, 0.5) is 0 Å². The maximum atomic E-state index is 5.63. The van der Waals surface area contributed by atoms with Crippen molar-refractivity contribution < 1.29 is 9.47 Å². The summed E-state index contributed by atoms with van der Waals surface area (Å²) >= 11 is 0. The molecule has 94 valence electrons. The van der Waals surface area contributed by atoms with Crippen LogP contribution in [-0.2, 0) is 0 Å². The Balaban J connectivity index is 1.66. The summed E-state index contributed by atoms with van der Waals surface area (Å²) in [5, 5.41) is 0. The first-order valence-electron chi connectivity index (χ1n) is 6.08. The van der Waals surface area contributed by atoms with Crippen LogP contribution in [-0.4, -0.2) is 18.2 Å². The highest BCUT2D eigenvalue weighted by atomic mass is 16.5. The first-order valence-corrected chi connectivity index (χ1v) is 6.08. The lowest BCUT2D eigenvalue weighted by atomic mass is 10.3. The number of para-hydroxylation sites is 1. The molecule has 1 aromatic heterocycles. The zero-order chi connectivity index (χ0) is 12.6. The number of hydrogen-bond donors (Lipinski definition) is 0. The molecule has 0 fully saturated rings. The van der Waals surface area contributed by atoms with Crippen molar-refractivity contribution in [3.05, 3.63) is 54.4 Å². The van der Waals surface area contributed by atoms with Crippen molar-refractivity contribution in [2.45, 2.75) is 13.3 Å². The van der Waals surface area contributed by atoms with E-state index in [0.717, 1.165) is 23.6 Å². The Labute approximate surface area is 107 Å². The third-order valence-electron chi connectivity index (χ3n) is 2.52. The standard InChI is InChI=1S/C15H17NO2/c1-13-15(9-5-10-16-13)18-12-6-11-17-14-7-3-2-4-8-14/h2-5,7-10H,6,11-12H2,1H3. The molecule has 0 aliphatic heterocycles. The molecule has 0 spiro atoms. The molecule has 0 unspecified atom stereocenters. The molecular weight excluding hydrogens is 226 g/mol. The monoisotopic (exact) mass is 243 g/mol. The molecule has 3 heteroatoms. The first-order chi connectivity index (χ1) is 8.86. The summed E-state index contributed by atoms with van der Waals surface area (Å²) in [4.78, 5) is 4.17. The number of aromatic nitrogens is 1. The minimum Gasteiger partial charge on any atom is -0.493 e. The summed E-state index contributed by atoms with van der Waals surface area (Å²) < 4.78 is 11.2. The topological polar surface area (TPSA) is 31.4 Å². The smallest absolute Gasteiger partial charge is 0.140 e. The van der Waals surface area contributed by atoms with Crippen LogP contribution in [0.2, 0.25) is 0 Å². The van der Waals surface area contributed by atoms with E-state index < -0.39 is 0 Å². The highest BCUT2D eigenvalue weighted by Gasteiger charge is 1.98. The molecule has 0 bridgehead atoms. The Hall–Kier alpha value is -2.03. The lowest BCUT2D eigenvalue weighted by Gasteiger charge is -2.09. The third-order valence-corrected chi connectivity index (χ3v) is 2.52. The van der Waals surface area contributed by atoms with E-state index in [0.29, 0.717) is 13.2 Å². The molecule has 2 aromatic rings. The second-order valence-corrected chi connectivity index (χ2v) is 3.95. The van der Waals surface area contributed by atoms with Crippen molar-refractivity contribution in [1.29, 1.82) is 0 Å². The summed E-state index contributed by atoms with van der Waals surface area (Å²) in [5.41, 5.74) is 0.918. The van der Waals surface area contributed by atoms with E-state index in [1.807, 2.05) is 49.4 Å². The molecule has 0 aliphatic rings. The van der Waals surface area contributed by atoms with Crippen LogP contribution in [0.3, 0.4) is 0 Å². The van der Waals surface area contributed by atoms with Crippen molar-refractivity contribution in [1.82, 2.24) is 4.98 Å². The minimum atomic E-state index is 0.638. The zero-order valence-corrected chi connectivity index (χ0v) is 10.5. The van der Waals surface area contributed by atoms with E-state index >= 15 is 0 Å². The predicted octanol–water partition coefficient (Wildman–Crippen LogP) is 3.24. The van der Waals surface area contributed by atoms with Crippen molar-refractivity contribution in [2.24, 2.45) is 0 Å². The number of ether oxygens (including phenoxy) is 2. The fraction of sp³-hybridized carbons (Fsp3) is 0.267. The van der Waals surface area contributed by atoms with Crippen LogP contribution >= 0.6 is 0 Å². The Morgan fingerprint density at radius 2 is 1.72 bits per heavy atom. The molecule has 0 aliphatic carbocycles. The Bertz CT molecular complexity index is 471. The molecule has 0 N–H and O–H groups in total. The molecular formula is C15H17NO2. The number of aryl methyl sites for hydroxylation is 1. The minimum absolute atomic E-state index is 0.638. The van der Waals surface area contributed by atoms with Gasteiger partial charge in [0, 0.05) is 12.6 Å². The zero-order valence-electron chi connectivity index (χ0n) is 10.5. The largest absolute Gasteiger partial charge is 0.493 e. The summed E-state index contributed by atoms with van der Waals surface area (Å²) in [6.07, 6.45) is 2.62. The van der Waals surface area contributed by atoms with Gasteiger partial charge >= 0.3 is 0 Å². The van der Waals surface area contributed by atoms with Gasteiger partial charge in [-0.2, -0.15) is 0 Å². The maximum absolute atomic E-state index is 5.63. The average molecular weight is 243 g/mol. The van der Waals surface area contributed by atoms with Gasteiger partial charge in [-0.25, -0.2) is 0 Å². The molecule has 18 heavy (non-hydrogen) atoms. The molecule has 0 atom stereocenters. The molecule has 3 nitrogen and oxygen atoms in total. The van der Waals surface area contributed by atoms with E-state index in [1.54, 1.807) is 6.20 Å². The summed E-state index contributed by atoms with van der Waals surface area (Å²) in [6.45, 7) is 3.23. The fourth-order valence-electron chi connectivity index (χ4n) is 1.57. The highest BCUT2D eigenvalue weighted by Crippen LogP contribution is 2.14. The second kappa shape index (κ2) is 6.64. The Morgan fingerprint density at radius 1 is 0.944 bits per heavy atom. The van der Waals surface area contributed by atoms with Crippen LogP contribution in [0, 0.1) is 6.92 Å². The highest BCUT2D eigenvalue weighted by molar-refractivity contribution is 5.25. The van der Waals surface area contributed by atoms with Gasteiger partial charge in [0.25, 0.3) is 0 Å².